The van der Waals surface area contributed by atoms with Crippen molar-refractivity contribution in [2.75, 3.05) is 5.75 Å². The number of rotatable bonds is 6. The van der Waals surface area contributed by atoms with Gasteiger partial charge in [0.25, 0.3) is 0 Å². The van der Waals surface area contributed by atoms with E-state index in [0.717, 1.165) is 18.4 Å². The maximum atomic E-state index is 13.4. The molecule has 0 atom stereocenters. The van der Waals surface area contributed by atoms with Crippen molar-refractivity contribution in [1.82, 2.24) is 4.57 Å². The predicted molar refractivity (Wildman–Crippen MR) is 143 cm³/mol. The second-order valence-corrected chi connectivity index (χ2v) is 16.0. The normalized spacial score (nSPS) is 16.6. The average Bonchev–Trinajstić information content (AvgIpc) is 3.03. The highest BCUT2D eigenvalue weighted by atomic mass is 32.2. The molecule has 1 saturated carbocycles. The van der Waals surface area contributed by atoms with Crippen LogP contribution in [0.15, 0.2) is 34.1 Å². The Labute approximate surface area is 212 Å². The van der Waals surface area contributed by atoms with Crippen LogP contribution < -0.4 is 5.14 Å². The zero-order valence-corrected chi connectivity index (χ0v) is 23.9. The van der Waals surface area contributed by atoms with Crippen LogP contribution in [0.25, 0.3) is 11.3 Å². The van der Waals surface area contributed by atoms with Crippen LogP contribution in [0.5, 0.6) is 0 Å². The van der Waals surface area contributed by atoms with Gasteiger partial charge < -0.3 is 4.57 Å². The lowest BCUT2D eigenvalue weighted by Gasteiger charge is -2.26. The first-order valence-electron chi connectivity index (χ1n) is 12.5. The molecule has 3 rings (SSSR count). The van der Waals surface area contributed by atoms with E-state index >= 15 is 0 Å². The van der Waals surface area contributed by atoms with E-state index in [1.807, 2.05) is 52.2 Å². The smallest absolute Gasteiger partial charge is 0.239 e. The van der Waals surface area contributed by atoms with Crippen molar-refractivity contribution in [2.24, 2.45) is 16.5 Å². The van der Waals surface area contributed by atoms with Gasteiger partial charge >= 0.3 is 0 Å². The molecule has 0 saturated heterocycles. The summed E-state index contributed by atoms with van der Waals surface area (Å²) in [5.74, 6) is 0.481. The third kappa shape index (κ3) is 6.77. The highest BCUT2D eigenvalue weighted by molar-refractivity contribution is 7.91. The predicted octanol–water partition coefficient (Wildman–Crippen LogP) is 5.81. The number of nitrogens with zero attached hydrogens (tertiary/aromatic N) is 1. The third-order valence-electron chi connectivity index (χ3n) is 6.84. The lowest BCUT2D eigenvalue weighted by atomic mass is 9.86. The van der Waals surface area contributed by atoms with E-state index in [-0.39, 0.29) is 21.0 Å². The average molecular weight is 523 g/mol. The molecule has 1 aliphatic rings. The van der Waals surface area contributed by atoms with Crippen molar-refractivity contribution in [3.63, 3.8) is 0 Å². The highest BCUT2D eigenvalue weighted by Gasteiger charge is 2.28. The van der Waals surface area contributed by atoms with Crippen LogP contribution in [-0.4, -0.2) is 27.2 Å². The van der Waals surface area contributed by atoms with Gasteiger partial charge in [0.1, 0.15) is 4.90 Å². The van der Waals surface area contributed by atoms with Crippen LogP contribution in [0.1, 0.15) is 84.9 Å². The Morgan fingerprint density at radius 3 is 2.03 bits per heavy atom. The van der Waals surface area contributed by atoms with Crippen molar-refractivity contribution in [3.8, 4) is 11.3 Å². The molecular weight excluding hydrogens is 480 g/mol. The molecule has 0 radical (unpaired) electrons. The molecule has 196 valence electrons. The van der Waals surface area contributed by atoms with Gasteiger partial charge in [-0.15, -0.1) is 0 Å². The van der Waals surface area contributed by atoms with Gasteiger partial charge in [-0.05, 0) is 71.9 Å². The molecule has 0 aliphatic heterocycles. The fourth-order valence-electron chi connectivity index (χ4n) is 5.02. The molecule has 2 N–H and O–H groups in total. The molecule has 6 nitrogen and oxygen atoms in total. The molecule has 1 aromatic heterocycles. The third-order valence-corrected chi connectivity index (χ3v) is 10.1. The molecular formula is C27H42N2O4S2. The lowest BCUT2D eigenvalue weighted by Crippen LogP contribution is -2.22. The number of benzene rings is 1. The standard InChI is InChI=1S/C27H42N2O4S2/c1-19-25(35(28,32)33)16-24(29(19)17-20-11-9-8-10-12-20)21-13-22(27(5,6)7)15-23(14-21)34(30,31)18-26(2,3)4/h13-16,20H,8-12,17-18H2,1-7H3,(H2,28,32,33). The quantitative estimate of drug-likeness (QED) is 0.517. The van der Waals surface area contributed by atoms with E-state index in [4.69, 9.17) is 5.14 Å². The number of hydrogen-bond acceptors (Lipinski definition) is 4. The summed E-state index contributed by atoms with van der Waals surface area (Å²) in [5.41, 5.74) is 2.22. The van der Waals surface area contributed by atoms with Crippen LogP contribution in [0.4, 0.5) is 0 Å². The van der Waals surface area contributed by atoms with Gasteiger partial charge in [0.05, 0.1) is 10.6 Å². The molecule has 0 unspecified atom stereocenters. The van der Waals surface area contributed by atoms with Gasteiger partial charge in [-0.1, -0.05) is 60.8 Å². The maximum Gasteiger partial charge on any atom is 0.239 e. The Morgan fingerprint density at radius 1 is 0.914 bits per heavy atom. The summed E-state index contributed by atoms with van der Waals surface area (Å²) >= 11 is 0. The SMILES string of the molecule is Cc1c(S(N)(=O)=O)cc(-c2cc(C(C)(C)C)cc(S(=O)(=O)CC(C)(C)C)c2)n1CC1CCCCC1. The molecule has 0 amide bonds. The minimum Gasteiger partial charge on any atom is -0.343 e. The number of hydrogen-bond donors (Lipinski definition) is 1. The maximum absolute atomic E-state index is 13.4. The molecule has 1 aromatic carbocycles. The van der Waals surface area contributed by atoms with Crippen molar-refractivity contribution < 1.29 is 16.8 Å². The fourth-order valence-corrected chi connectivity index (χ4v) is 7.74. The Hall–Kier alpha value is -1.64. The lowest BCUT2D eigenvalue weighted by molar-refractivity contribution is 0.318. The van der Waals surface area contributed by atoms with Crippen molar-refractivity contribution in [3.05, 3.63) is 35.5 Å². The van der Waals surface area contributed by atoms with E-state index in [0.29, 0.717) is 29.4 Å². The van der Waals surface area contributed by atoms with Crippen molar-refractivity contribution >= 4 is 19.9 Å². The van der Waals surface area contributed by atoms with Crippen LogP contribution in [0.3, 0.4) is 0 Å². The second kappa shape index (κ2) is 9.67. The molecule has 1 aliphatic carbocycles. The summed E-state index contributed by atoms with van der Waals surface area (Å²) in [6, 6.07) is 7.09. The molecule has 8 heteroatoms. The Morgan fingerprint density at radius 2 is 1.51 bits per heavy atom. The van der Waals surface area contributed by atoms with Gasteiger partial charge in [0.15, 0.2) is 9.84 Å². The second-order valence-electron chi connectivity index (χ2n) is 12.5. The zero-order chi connectivity index (χ0) is 26.4. The van der Waals surface area contributed by atoms with E-state index in [2.05, 4.69) is 0 Å². The van der Waals surface area contributed by atoms with E-state index in [1.165, 1.54) is 19.3 Å². The molecule has 0 bridgehead atoms. The topological polar surface area (TPSA) is 99.2 Å². The Bertz CT molecular complexity index is 1290. The van der Waals surface area contributed by atoms with Crippen LogP contribution >= 0.6 is 0 Å². The van der Waals surface area contributed by atoms with Crippen LogP contribution in [0.2, 0.25) is 0 Å². The highest BCUT2D eigenvalue weighted by Crippen LogP contribution is 2.36. The summed E-state index contributed by atoms with van der Waals surface area (Å²) in [4.78, 5) is 0.374. The number of aromatic nitrogens is 1. The van der Waals surface area contributed by atoms with Gasteiger partial charge in [0.2, 0.25) is 10.0 Å². The Balaban J connectivity index is 2.26. The van der Waals surface area contributed by atoms with Gasteiger partial charge in [-0.3, -0.25) is 0 Å². The first kappa shape index (κ1) is 27.9. The molecule has 35 heavy (non-hydrogen) atoms. The number of nitrogens with two attached hydrogens (primary N) is 1. The summed E-state index contributed by atoms with van der Waals surface area (Å²) < 4.78 is 53.7. The van der Waals surface area contributed by atoms with E-state index in [9.17, 15) is 16.8 Å². The fraction of sp³-hybridized carbons (Fsp3) is 0.630. The molecule has 2 aromatic rings. The monoisotopic (exact) mass is 522 g/mol. The summed E-state index contributed by atoms with van der Waals surface area (Å²) in [6.07, 6.45) is 5.80. The number of sulfonamides is 1. The molecule has 1 fully saturated rings. The van der Waals surface area contributed by atoms with Crippen molar-refractivity contribution in [2.45, 2.75) is 102 Å². The Kier molecular flexibility index (Phi) is 7.72. The van der Waals surface area contributed by atoms with Crippen LogP contribution in [0, 0.1) is 18.3 Å². The molecule has 0 spiro atoms. The largest absolute Gasteiger partial charge is 0.343 e. The first-order chi connectivity index (χ1) is 15.9. The van der Waals surface area contributed by atoms with Gasteiger partial charge in [0, 0.05) is 17.9 Å². The van der Waals surface area contributed by atoms with Gasteiger partial charge in [-0.25, -0.2) is 22.0 Å². The minimum atomic E-state index is -3.92. The van der Waals surface area contributed by atoms with E-state index < -0.39 is 25.3 Å². The minimum absolute atomic E-state index is 0.0254. The van der Waals surface area contributed by atoms with E-state index in [1.54, 1.807) is 25.1 Å². The van der Waals surface area contributed by atoms with Gasteiger partial charge in [-0.2, -0.15) is 0 Å². The summed E-state index contributed by atoms with van der Waals surface area (Å²) in [5, 5.41) is 5.58. The zero-order valence-electron chi connectivity index (χ0n) is 22.3. The number of sulfone groups is 1. The van der Waals surface area contributed by atoms with Crippen LogP contribution in [-0.2, 0) is 31.8 Å². The van der Waals surface area contributed by atoms with Crippen molar-refractivity contribution in [1.29, 1.82) is 0 Å². The number of primary sulfonamides is 1. The summed E-state index contributed by atoms with van der Waals surface area (Å²) in [7, 11) is -7.48. The molecule has 1 heterocycles. The first-order valence-corrected chi connectivity index (χ1v) is 15.7. The summed E-state index contributed by atoms with van der Waals surface area (Å²) in [6.45, 7) is 14.4.